The molecular formula is C18H20O2. The molecule has 2 nitrogen and oxygen atoms in total. The van der Waals surface area contributed by atoms with Crippen molar-refractivity contribution in [2.75, 3.05) is 0 Å². The highest BCUT2D eigenvalue weighted by Gasteiger charge is 2.08. The van der Waals surface area contributed by atoms with E-state index in [4.69, 9.17) is 4.74 Å². The molecule has 2 rings (SSSR count). The summed E-state index contributed by atoms with van der Waals surface area (Å²) >= 11 is 0. The van der Waals surface area contributed by atoms with Gasteiger partial charge in [-0.15, -0.1) is 0 Å². The molecule has 0 aliphatic rings. The molecule has 2 aromatic rings. The van der Waals surface area contributed by atoms with Crippen LogP contribution in [0.5, 0.6) is 5.75 Å². The highest BCUT2D eigenvalue weighted by Crippen LogP contribution is 2.17. The van der Waals surface area contributed by atoms with E-state index in [9.17, 15) is 4.79 Å². The van der Waals surface area contributed by atoms with Gasteiger partial charge >= 0.3 is 0 Å². The smallest absolute Gasteiger partial charge is 0.163 e. The van der Waals surface area contributed by atoms with Gasteiger partial charge in [0.2, 0.25) is 0 Å². The Hall–Kier alpha value is -2.09. The van der Waals surface area contributed by atoms with Gasteiger partial charge < -0.3 is 4.74 Å². The third kappa shape index (κ3) is 4.23. The number of carbonyl (C=O) groups excluding carboxylic acids is 1. The highest BCUT2D eigenvalue weighted by atomic mass is 16.5. The summed E-state index contributed by atoms with van der Waals surface area (Å²) in [5, 5.41) is 0. The van der Waals surface area contributed by atoms with Crippen LogP contribution in [0.2, 0.25) is 0 Å². The average molecular weight is 268 g/mol. The first kappa shape index (κ1) is 14.3. The maximum absolute atomic E-state index is 12.2. The standard InChI is InChI=1S/C18H20O2/c1-14(2)20-17-10-6-9-16(13-17)18(19)12-11-15-7-4-3-5-8-15/h3-10,13-14H,11-12H2,1-2H3. The zero-order valence-electron chi connectivity index (χ0n) is 12.0. The maximum atomic E-state index is 12.2. The van der Waals surface area contributed by atoms with Crippen molar-refractivity contribution in [3.63, 3.8) is 0 Å². The molecule has 2 heteroatoms. The molecule has 0 bridgehead atoms. The van der Waals surface area contributed by atoms with Crippen molar-refractivity contribution < 1.29 is 9.53 Å². The lowest BCUT2D eigenvalue weighted by atomic mass is 10.0. The molecule has 0 fully saturated rings. The summed E-state index contributed by atoms with van der Waals surface area (Å²) in [6.45, 7) is 3.95. The maximum Gasteiger partial charge on any atom is 0.163 e. The van der Waals surface area contributed by atoms with Crippen molar-refractivity contribution >= 4 is 5.78 Å². The first-order valence-electron chi connectivity index (χ1n) is 6.99. The number of hydrogen-bond acceptors (Lipinski definition) is 2. The first-order valence-corrected chi connectivity index (χ1v) is 6.99. The molecule has 0 radical (unpaired) electrons. The fourth-order valence-electron chi connectivity index (χ4n) is 2.06. The van der Waals surface area contributed by atoms with Gasteiger partial charge in [0, 0.05) is 12.0 Å². The zero-order chi connectivity index (χ0) is 14.4. The van der Waals surface area contributed by atoms with E-state index < -0.39 is 0 Å². The Morgan fingerprint density at radius 1 is 1.05 bits per heavy atom. The Labute approximate surface area is 120 Å². The molecule has 0 unspecified atom stereocenters. The fourth-order valence-corrected chi connectivity index (χ4v) is 2.06. The number of ether oxygens (including phenoxy) is 1. The largest absolute Gasteiger partial charge is 0.491 e. The van der Waals surface area contributed by atoms with Gasteiger partial charge in [-0.25, -0.2) is 0 Å². The quantitative estimate of drug-likeness (QED) is 0.730. The summed E-state index contributed by atoms with van der Waals surface area (Å²) in [6, 6.07) is 17.5. The fraction of sp³-hybridized carbons (Fsp3) is 0.278. The number of rotatable bonds is 6. The van der Waals surface area contributed by atoms with E-state index in [1.54, 1.807) is 0 Å². The normalized spacial score (nSPS) is 10.6. The molecule has 0 heterocycles. The molecule has 0 aliphatic carbocycles. The molecule has 0 saturated carbocycles. The van der Waals surface area contributed by atoms with Crippen molar-refractivity contribution in [1.29, 1.82) is 0 Å². The minimum atomic E-state index is 0.115. The van der Waals surface area contributed by atoms with E-state index in [1.807, 2.05) is 68.4 Å². The van der Waals surface area contributed by atoms with Gasteiger partial charge in [0.15, 0.2) is 5.78 Å². The molecule has 20 heavy (non-hydrogen) atoms. The third-order valence-electron chi connectivity index (χ3n) is 3.01. The van der Waals surface area contributed by atoms with Crippen LogP contribution in [0.1, 0.15) is 36.2 Å². The number of aryl methyl sites for hydroxylation is 1. The Morgan fingerprint density at radius 2 is 1.80 bits per heavy atom. The zero-order valence-corrected chi connectivity index (χ0v) is 12.0. The van der Waals surface area contributed by atoms with Gasteiger partial charge in [-0.1, -0.05) is 42.5 Å². The molecule has 0 aromatic heterocycles. The van der Waals surface area contributed by atoms with Gasteiger partial charge in [0.1, 0.15) is 5.75 Å². The van der Waals surface area contributed by atoms with E-state index in [2.05, 4.69) is 0 Å². The molecule has 0 N–H and O–H groups in total. The Balaban J connectivity index is 1.98. The molecule has 2 aromatic carbocycles. The van der Waals surface area contributed by atoms with Gasteiger partial charge in [-0.3, -0.25) is 4.79 Å². The summed E-state index contributed by atoms with van der Waals surface area (Å²) in [4.78, 5) is 12.2. The summed E-state index contributed by atoms with van der Waals surface area (Å²) < 4.78 is 5.62. The summed E-state index contributed by atoms with van der Waals surface area (Å²) in [7, 11) is 0. The van der Waals surface area contributed by atoms with Crippen LogP contribution in [-0.2, 0) is 6.42 Å². The van der Waals surface area contributed by atoms with Crippen molar-refractivity contribution in [2.24, 2.45) is 0 Å². The molecule has 0 atom stereocenters. The van der Waals surface area contributed by atoms with Crippen LogP contribution in [0.4, 0.5) is 0 Å². The summed E-state index contributed by atoms with van der Waals surface area (Å²) in [5.41, 5.74) is 1.91. The Kier molecular flexibility index (Phi) is 4.94. The van der Waals surface area contributed by atoms with Crippen LogP contribution in [0.3, 0.4) is 0 Å². The van der Waals surface area contributed by atoms with Crippen molar-refractivity contribution in [2.45, 2.75) is 32.8 Å². The summed E-state index contributed by atoms with van der Waals surface area (Å²) in [6.07, 6.45) is 1.41. The Bertz CT molecular complexity index is 559. The molecule has 0 saturated heterocycles. The lowest BCUT2D eigenvalue weighted by Crippen LogP contribution is -2.07. The Morgan fingerprint density at radius 3 is 2.50 bits per heavy atom. The van der Waals surface area contributed by atoms with E-state index in [0.717, 1.165) is 17.7 Å². The second-order valence-corrected chi connectivity index (χ2v) is 5.10. The van der Waals surface area contributed by atoms with E-state index in [1.165, 1.54) is 5.56 Å². The molecule has 104 valence electrons. The highest BCUT2D eigenvalue weighted by molar-refractivity contribution is 5.96. The van der Waals surface area contributed by atoms with Crippen LogP contribution >= 0.6 is 0 Å². The van der Waals surface area contributed by atoms with Gasteiger partial charge in [-0.2, -0.15) is 0 Å². The number of Topliss-reactive ketones (excluding diaryl/α,β-unsaturated/α-hetero) is 1. The first-order chi connectivity index (χ1) is 9.65. The number of ketones is 1. The monoisotopic (exact) mass is 268 g/mol. The molecule has 0 aliphatic heterocycles. The number of carbonyl (C=O) groups is 1. The molecule has 0 amide bonds. The van der Waals surface area contributed by atoms with Crippen LogP contribution in [0, 0.1) is 0 Å². The third-order valence-corrected chi connectivity index (χ3v) is 3.01. The number of benzene rings is 2. The minimum absolute atomic E-state index is 0.115. The van der Waals surface area contributed by atoms with Gasteiger partial charge in [0.05, 0.1) is 6.10 Å². The van der Waals surface area contributed by atoms with Gasteiger partial charge in [0.25, 0.3) is 0 Å². The van der Waals surface area contributed by atoms with E-state index in [0.29, 0.717) is 6.42 Å². The van der Waals surface area contributed by atoms with E-state index >= 15 is 0 Å². The van der Waals surface area contributed by atoms with Crippen molar-refractivity contribution in [3.8, 4) is 5.75 Å². The van der Waals surface area contributed by atoms with E-state index in [-0.39, 0.29) is 11.9 Å². The van der Waals surface area contributed by atoms with Crippen LogP contribution < -0.4 is 4.74 Å². The molecular weight excluding hydrogens is 248 g/mol. The second-order valence-electron chi connectivity index (χ2n) is 5.10. The predicted molar refractivity (Wildman–Crippen MR) is 81.3 cm³/mol. The van der Waals surface area contributed by atoms with Crippen molar-refractivity contribution in [3.05, 3.63) is 65.7 Å². The lowest BCUT2D eigenvalue weighted by molar-refractivity contribution is 0.0982. The minimum Gasteiger partial charge on any atom is -0.491 e. The summed E-state index contributed by atoms with van der Waals surface area (Å²) in [5.74, 6) is 0.911. The van der Waals surface area contributed by atoms with Crippen LogP contribution in [0.15, 0.2) is 54.6 Å². The lowest BCUT2D eigenvalue weighted by Gasteiger charge is -2.10. The second kappa shape index (κ2) is 6.90. The van der Waals surface area contributed by atoms with Crippen LogP contribution in [-0.4, -0.2) is 11.9 Å². The average Bonchev–Trinajstić information content (AvgIpc) is 2.45. The predicted octanol–water partition coefficient (Wildman–Crippen LogP) is 4.29. The molecule has 0 spiro atoms. The van der Waals surface area contributed by atoms with Crippen LogP contribution in [0.25, 0.3) is 0 Å². The number of hydrogen-bond donors (Lipinski definition) is 0. The van der Waals surface area contributed by atoms with Crippen molar-refractivity contribution in [1.82, 2.24) is 0 Å². The topological polar surface area (TPSA) is 26.3 Å². The SMILES string of the molecule is CC(C)Oc1cccc(C(=O)CCc2ccccc2)c1. The van der Waals surface area contributed by atoms with Gasteiger partial charge in [-0.05, 0) is 38.0 Å².